The summed E-state index contributed by atoms with van der Waals surface area (Å²) in [6.07, 6.45) is -1.68. The Morgan fingerprint density at radius 2 is 2.33 bits per heavy atom. The highest BCUT2D eigenvalue weighted by molar-refractivity contribution is 6.29. The van der Waals surface area contributed by atoms with Crippen LogP contribution >= 0.6 is 0 Å². The number of azide groups is 1. The fourth-order valence-electron chi connectivity index (χ4n) is 1.75. The molecule has 4 atom stereocenters. The fraction of sp³-hybridized carbons (Fsp3) is 0.667. The molecule has 1 aliphatic rings. The summed E-state index contributed by atoms with van der Waals surface area (Å²) in [6.45, 7) is 0.894. The summed E-state index contributed by atoms with van der Waals surface area (Å²) in [4.78, 5) is 6.14. The number of nitrogens with one attached hydrogen (secondary N) is 2. The zero-order valence-corrected chi connectivity index (χ0v) is 11.1. The molecule has 0 aliphatic carbocycles. The van der Waals surface area contributed by atoms with Gasteiger partial charge in [0, 0.05) is 4.91 Å². The van der Waals surface area contributed by atoms with Crippen LogP contribution in [0.4, 0.5) is 0 Å². The van der Waals surface area contributed by atoms with Gasteiger partial charge in [0.15, 0.2) is 0 Å². The predicted molar refractivity (Wildman–Crippen MR) is 72.1 cm³/mol. The van der Waals surface area contributed by atoms with E-state index in [1.807, 2.05) is 0 Å². The van der Waals surface area contributed by atoms with E-state index in [2.05, 4.69) is 25.5 Å². The molecule has 12 heteroatoms. The zero-order chi connectivity index (χ0) is 16.0. The molecule has 12 nitrogen and oxygen atoms in total. The van der Waals surface area contributed by atoms with E-state index in [0.29, 0.717) is 0 Å². The van der Waals surface area contributed by atoms with Crippen molar-refractivity contribution in [3.05, 3.63) is 10.4 Å². The predicted octanol–water partition coefficient (Wildman–Crippen LogP) is -1.52. The Morgan fingerprint density at radius 3 is 2.81 bits per heavy atom. The number of aliphatic imine (C=N–C) groups is 1. The summed E-state index contributed by atoms with van der Waals surface area (Å²) < 4.78 is 5.39. The van der Waals surface area contributed by atoms with Crippen LogP contribution in [0.25, 0.3) is 10.4 Å². The average molecular weight is 300 g/mol. The van der Waals surface area contributed by atoms with E-state index < -0.39 is 36.5 Å². The van der Waals surface area contributed by atoms with Gasteiger partial charge < -0.3 is 36.6 Å². The lowest BCUT2D eigenvalue weighted by Gasteiger charge is -2.24. The molecular weight excluding hydrogens is 284 g/mol. The number of aliphatic hydroxyl groups excluding tert-OH is 2. The van der Waals surface area contributed by atoms with E-state index in [9.17, 15) is 10.2 Å². The minimum atomic E-state index is -1.37. The topological polar surface area (TPSA) is 205 Å². The monoisotopic (exact) mass is 300 g/mol. The Balaban J connectivity index is 2.99. The minimum Gasteiger partial charge on any atom is -0.408 e. The zero-order valence-electron chi connectivity index (χ0n) is 11.1. The third-order valence-electron chi connectivity index (χ3n) is 2.90. The van der Waals surface area contributed by atoms with Crippen LogP contribution in [0.1, 0.15) is 6.92 Å². The number of nitrogens with two attached hydrogens (primary N) is 1. The lowest BCUT2D eigenvalue weighted by Crippen LogP contribution is -2.43. The normalized spacial score (nSPS) is 33.4. The van der Waals surface area contributed by atoms with Gasteiger partial charge in [-0.1, -0.05) is 5.11 Å². The Labute approximate surface area is 119 Å². The molecule has 1 aliphatic heterocycles. The van der Waals surface area contributed by atoms with Crippen LogP contribution in [0.3, 0.4) is 0 Å². The number of ether oxygens (including phenoxy) is 1. The third kappa shape index (κ3) is 3.58. The van der Waals surface area contributed by atoms with Crippen LogP contribution in [0, 0.1) is 5.41 Å². The molecule has 0 saturated carbocycles. The lowest BCUT2D eigenvalue weighted by atomic mass is 9.97. The van der Waals surface area contributed by atoms with Crippen LogP contribution < -0.4 is 11.1 Å². The van der Waals surface area contributed by atoms with Crippen molar-refractivity contribution >= 4 is 18.0 Å². The van der Waals surface area contributed by atoms with Gasteiger partial charge in [0.2, 0.25) is 0 Å². The highest BCUT2D eigenvalue weighted by atomic mass is 16.6. The second-order valence-corrected chi connectivity index (χ2v) is 4.40. The summed E-state index contributed by atoms with van der Waals surface area (Å²) in [5.41, 5.74) is 12.4. The van der Waals surface area contributed by atoms with Gasteiger partial charge in [-0.25, -0.2) is 0 Å². The number of amidine groups is 1. The smallest absolute Gasteiger partial charge is 0.263 e. The van der Waals surface area contributed by atoms with E-state index in [0.717, 1.165) is 6.21 Å². The van der Waals surface area contributed by atoms with Crippen LogP contribution in [0.15, 0.2) is 15.3 Å². The first kappa shape index (κ1) is 16.7. The second kappa shape index (κ2) is 6.85. The van der Waals surface area contributed by atoms with Gasteiger partial charge in [-0.3, -0.25) is 0 Å². The maximum atomic E-state index is 10.0. The molecule has 1 unspecified atom stereocenters. The number of nitrogens with zero attached hydrogens (tertiary/aromatic N) is 5. The first-order valence-electron chi connectivity index (χ1n) is 5.76. The minimum absolute atomic E-state index is 0.251. The summed E-state index contributed by atoms with van der Waals surface area (Å²) in [5.74, 6) is -0.660. The number of hydrogen-bond acceptors (Lipinski definition) is 7. The molecule has 7 N–H and O–H groups in total. The summed E-state index contributed by atoms with van der Waals surface area (Å²) in [7, 11) is 0. The highest BCUT2D eigenvalue weighted by Gasteiger charge is 2.51. The van der Waals surface area contributed by atoms with Crippen molar-refractivity contribution in [1.82, 2.24) is 5.32 Å². The van der Waals surface area contributed by atoms with Gasteiger partial charge in [-0.2, -0.15) is 4.99 Å². The van der Waals surface area contributed by atoms with Crippen molar-refractivity contribution in [1.29, 1.82) is 5.41 Å². The Bertz CT molecular complexity index is 502. The molecule has 116 valence electrons. The van der Waals surface area contributed by atoms with Gasteiger partial charge in [-0.05, 0) is 17.6 Å². The van der Waals surface area contributed by atoms with Gasteiger partial charge in [0.25, 0.3) is 5.96 Å². The van der Waals surface area contributed by atoms with Gasteiger partial charge in [0.1, 0.15) is 23.7 Å². The van der Waals surface area contributed by atoms with E-state index in [-0.39, 0.29) is 5.84 Å². The number of oxime groups is 1. The van der Waals surface area contributed by atoms with E-state index >= 15 is 0 Å². The first-order chi connectivity index (χ1) is 9.91. The van der Waals surface area contributed by atoms with Gasteiger partial charge in [-0.15, -0.1) is 0 Å². The summed E-state index contributed by atoms with van der Waals surface area (Å²) >= 11 is 0. The van der Waals surface area contributed by atoms with Crippen LogP contribution in [-0.4, -0.2) is 64.0 Å². The molecule has 0 aromatic rings. The summed E-state index contributed by atoms with van der Waals surface area (Å²) in [6, 6.07) is -1.10. The van der Waals surface area contributed by atoms with Crippen molar-refractivity contribution in [2.45, 2.75) is 30.9 Å². The highest BCUT2D eigenvalue weighted by Crippen LogP contribution is 2.31. The molecule has 0 aromatic heterocycles. The van der Waals surface area contributed by atoms with Crippen LogP contribution in [0.5, 0.6) is 0 Å². The van der Waals surface area contributed by atoms with Crippen LogP contribution in [0.2, 0.25) is 0 Å². The molecule has 1 fully saturated rings. The lowest BCUT2D eigenvalue weighted by molar-refractivity contribution is -0.101. The Hall–Kier alpha value is -2.40. The number of aliphatic hydroxyl groups is 2. The Kier molecular flexibility index (Phi) is 5.44. The molecule has 0 amide bonds. The first-order valence-corrected chi connectivity index (χ1v) is 5.76. The van der Waals surface area contributed by atoms with Gasteiger partial charge >= 0.3 is 0 Å². The maximum absolute atomic E-state index is 10.0. The van der Waals surface area contributed by atoms with Crippen LogP contribution in [-0.2, 0) is 4.74 Å². The van der Waals surface area contributed by atoms with Crippen molar-refractivity contribution in [2.24, 2.45) is 21.0 Å². The Morgan fingerprint density at radius 1 is 1.67 bits per heavy atom. The third-order valence-corrected chi connectivity index (χ3v) is 2.90. The average Bonchev–Trinajstić information content (AvgIpc) is 2.72. The molecule has 1 rings (SSSR count). The molecule has 0 aromatic carbocycles. The fourth-order valence-corrected chi connectivity index (χ4v) is 1.75. The summed E-state index contributed by atoms with van der Waals surface area (Å²) in [5, 5.41) is 43.6. The van der Waals surface area contributed by atoms with E-state index in [1.165, 1.54) is 6.92 Å². The quantitative estimate of drug-likeness (QED) is 0.0690. The molecule has 1 saturated heterocycles. The van der Waals surface area contributed by atoms with Crippen molar-refractivity contribution in [2.75, 3.05) is 6.61 Å². The number of guanidine groups is 1. The van der Waals surface area contributed by atoms with Gasteiger partial charge in [0.05, 0.1) is 18.9 Å². The molecule has 1 heterocycles. The van der Waals surface area contributed by atoms with Crippen molar-refractivity contribution in [3.63, 3.8) is 0 Å². The molecule has 0 radical (unpaired) electrons. The van der Waals surface area contributed by atoms with Crippen molar-refractivity contribution < 1.29 is 20.2 Å². The molecule has 0 bridgehead atoms. The second-order valence-electron chi connectivity index (χ2n) is 4.40. The van der Waals surface area contributed by atoms with E-state index in [4.69, 9.17) is 26.6 Å². The standard InChI is InChI=1S/C9H16N8O4/c1-9(3-18)6(19)5(15-17-12)7(21-9)14-8(16-20)13-4(11)2-10/h2,5-7,10,18-20H,3H2,1H3,(H3,11,13,14,16)/t5?,6-,7+,9+/m0/s1. The van der Waals surface area contributed by atoms with E-state index in [1.54, 1.807) is 0 Å². The maximum Gasteiger partial charge on any atom is 0.263 e. The molecule has 21 heavy (non-hydrogen) atoms. The number of rotatable bonds is 4. The number of hydrogen-bond donors (Lipinski definition) is 6. The van der Waals surface area contributed by atoms with Crippen molar-refractivity contribution in [3.8, 4) is 0 Å². The SMILES string of the molecule is C[C@]1(CO)O[C@@H](NC(=N/O)/N=C(/N)C=N)C(N=[N+]=[N-])[C@@H]1O. The molecular formula is C9H16N8O4. The largest absolute Gasteiger partial charge is 0.408 e. The molecule has 0 spiro atoms.